The minimum absolute atomic E-state index is 0. The first kappa shape index (κ1) is 23.9. The van der Waals surface area contributed by atoms with Gasteiger partial charge in [0.25, 0.3) is 0 Å². The maximum absolute atomic E-state index is 10.7. The molecule has 1 aromatic heterocycles. The van der Waals surface area contributed by atoms with Crippen LogP contribution in [0.2, 0.25) is 0 Å². The van der Waals surface area contributed by atoms with Crippen molar-refractivity contribution in [2.24, 2.45) is 4.99 Å². The Bertz CT molecular complexity index is 618. The van der Waals surface area contributed by atoms with E-state index in [-0.39, 0.29) is 45.1 Å². The number of carbonyl (C=O) groups is 1. The van der Waals surface area contributed by atoms with Crippen LogP contribution in [0.4, 0.5) is 0 Å². The first-order valence-corrected chi connectivity index (χ1v) is 7.28. The fourth-order valence-corrected chi connectivity index (χ4v) is 1.62. The molecule has 0 saturated carbocycles. The van der Waals surface area contributed by atoms with Crippen molar-refractivity contribution in [3.63, 3.8) is 0 Å². The number of phosphoric acid groups is 1. The Morgan fingerprint density at radius 1 is 1.52 bits per heavy atom. The number of aliphatic imine (C=N–C) groups is 1. The van der Waals surface area contributed by atoms with E-state index in [4.69, 9.17) is 14.9 Å². The molecule has 0 aliphatic rings. The summed E-state index contributed by atoms with van der Waals surface area (Å²) in [6.45, 7) is 2.35. The standard InChI is InChI=1S/C11H15N2O7P.Cu.H2O/c1-6-10(14)9(4-13-7(2)11(15)16)8(3-12-6)5-20-21(17,18)19;;/h3-4,7,14H,5H2,1-2H3,(H,15,16)(H2,17,18,19);;1H2/p-1. The van der Waals surface area contributed by atoms with Gasteiger partial charge in [0.15, 0.2) is 0 Å². The molecule has 0 aliphatic heterocycles. The average Bonchev–Trinajstić information content (AvgIpc) is 2.37. The zero-order chi connectivity index (χ0) is 16.2. The van der Waals surface area contributed by atoms with E-state index in [1.54, 1.807) is 0 Å². The normalized spacial score (nSPS) is 12.3. The maximum atomic E-state index is 10.7. The van der Waals surface area contributed by atoms with E-state index in [1.165, 1.54) is 20.0 Å². The molecule has 0 spiro atoms. The zero-order valence-corrected chi connectivity index (χ0v) is 13.9. The molecule has 135 valence electrons. The Morgan fingerprint density at radius 2 is 2.09 bits per heavy atom. The summed E-state index contributed by atoms with van der Waals surface area (Å²) in [5.41, 5.74) is 0.533. The number of phosphoric ester groups is 1. The Hall–Kier alpha value is -1.32. The number of aromatic hydroxyl groups is 1. The predicted octanol–water partition coefficient (Wildman–Crippen LogP) is 0.418. The minimum atomic E-state index is -4.68. The topological polar surface area (TPSA) is 180 Å². The van der Waals surface area contributed by atoms with Crippen LogP contribution in [-0.2, 0) is 37.6 Å². The van der Waals surface area contributed by atoms with Crippen LogP contribution in [0.25, 0.3) is 0 Å². The van der Waals surface area contributed by atoms with E-state index < -0.39 is 26.4 Å². The first-order chi connectivity index (χ1) is 9.61. The van der Waals surface area contributed by atoms with Crippen molar-refractivity contribution >= 4 is 20.0 Å². The van der Waals surface area contributed by atoms with E-state index >= 15 is 0 Å². The van der Waals surface area contributed by atoms with E-state index in [0.29, 0.717) is 0 Å². The molecule has 1 radical (unpaired) electrons. The Balaban J connectivity index is 0. The molecule has 0 aromatic carbocycles. The van der Waals surface area contributed by atoms with Gasteiger partial charge in [0, 0.05) is 40.6 Å². The van der Waals surface area contributed by atoms with Crippen LogP contribution in [0.15, 0.2) is 11.2 Å². The quantitative estimate of drug-likeness (QED) is 0.300. The largest absolute Gasteiger partial charge is 0.870 e. The monoisotopic (exact) mass is 398 g/mol. The fraction of sp³-hybridized carbons (Fsp3) is 0.364. The summed E-state index contributed by atoms with van der Waals surface area (Å²) in [4.78, 5) is 35.6. The fourth-order valence-electron chi connectivity index (χ4n) is 1.32. The number of aromatic nitrogens is 1. The summed E-state index contributed by atoms with van der Waals surface area (Å²) < 4.78 is 15.0. The molecule has 0 fully saturated rings. The summed E-state index contributed by atoms with van der Waals surface area (Å²) >= 11 is 0. The third-order valence-electron chi connectivity index (χ3n) is 2.53. The van der Waals surface area contributed by atoms with Gasteiger partial charge in [-0.25, -0.2) is 9.36 Å². The van der Waals surface area contributed by atoms with E-state index in [0.717, 1.165) is 6.21 Å². The van der Waals surface area contributed by atoms with Gasteiger partial charge in [-0.1, -0.05) is 0 Å². The predicted molar refractivity (Wildman–Crippen MR) is 74.1 cm³/mol. The molecular weight excluding hydrogens is 383 g/mol. The minimum Gasteiger partial charge on any atom is -0.870 e. The molecular formula is C11H16CuN2O8P-. The molecule has 0 saturated heterocycles. The number of hydrogen-bond donors (Lipinski definition) is 4. The van der Waals surface area contributed by atoms with Crippen LogP contribution >= 0.6 is 7.82 Å². The number of aliphatic carboxylic acids is 1. The zero-order valence-electron chi connectivity index (χ0n) is 12.0. The number of pyridine rings is 1. The maximum Gasteiger partial charge on any atom is 0.469 e. The molecule has 0 amide bonds. The molecule has 1 heterocycles. The molecule has 1 aromatic rings. The molecule has 5 N–H and O–H groups in total. The van der Waals surface area contributed by atoms with Crippen molar-refractivity contribution in [3.8, 4) is 5.75 Å². The van der Waals surface area contributed by atoms with Crippen LogP contribution in [-0.4, -0.2) is 48.7 Å². The van der Waals surface area contributed by atoms with Gasteiger partial charge in [0.1, 0.15) is 11.8 Å². The van der Waals surface area contributed by atoms with Gasteiger partial charge in [0.05, 0.1) is 12.3 Å². The van der Waals surface area contributed by atoms with Crippen molar-refractivity contribution in [2.45, 2.75) is 26.5 Å². The molecule has 0 aliphatic carbocycles. The number of carboxylic acid groups (broad SMARTS) is 1. The van der Waals surface area contributed by atoms with Gasteiger partial charge < -0.3 is 25.5 Å². The van der Waals surface area contributed by atoms with Crippen molar-refractivity contribution in [1.29, 1.82) is 0 Å². The van der Waals surface area contributed by atoms with Gasteiger partial charge >= 0.3 is 13.8 Å². The van der Waals surface area contributed by atoms with Gasteiger partial charge in [-0.15, -0.1) is 0 Å². The van der Waals surface area contributed by atoms with E-state index in [1.807, 2.05) is 0 Å². The molecule has 1 atom stereocenters. The van der Waals surface area contributed by atoms with Crippen LogP contribution in [0, 0.1) is 6.92 Å². The summed E-state index contributed by atoms with van der Waals surface area (Å²) in [5, 5.41) is 18.7. The van der Waals surface area contributed by atoms with Gasteiger partial charge in [-0.05, 0) is 13.8 Å². The number of nitrogens with zero attached hydrogens (tertiary/aromatic N) is 2. The van der Waals surface area contributed by atoms with Crippen LogP contribution in [0.3, 0.4) is 0 Å². The Labute approximate surface area is 142 Å². The van der Waals surface area contributed by atoms with Gasteiger partial charge in [0.2, 0.25) is 0 Å². The SMILES string of the molecule is Cc1ncc(COP(=O)(O)O)c(C=NC(C)C(=O)O)c1O.[Cu].[OH-]. The van der Waals surface area contributed by atoms with Crippen molar-refractivity contribution < 1.29 is 56.4 Å². The van der Waals surface area contributed by atoms with Crippen LogP contribution < -0.4 is 0 Å². The summed E-state index contributed by atoms with van der Waals surface area (Å²) in [7, 11) is -4.68. The van der Waals surface area contributed by atoms with Crippen LogP contribution in [0.1, 0.15) is 23.7 Å². The van der Waals surface area contributed by atoms with Gasteiger partial charge in [-0.3, -0.25) is 14.5 Å². The van der Waals surface area contributed by atoms with E-state index in [2.05, 4.69) is 14.5 Å². The first-order valence-electron chi connectivity index (χ1n) is 5.75. The number of aryl methyl sites for hydroxylation is 1. The van der Waals surface area contributed by atoms with Crippen molar-refractivity contribution in [3.05, 3.63) is 23.0 Å². The third-order valence-corrected chi connectivity index (χ3v) is 3.00. The summed E-state index contributed by atoms with van der Waals surface area (Å²) in [5.74, 6) is -1.41. The van der Waals surface area contributed by atoms with Crippen LogP contribution in [0.5, 0.6) is 5.75 Å². The number of rotatable bonds is 6. The third kappa shape index (κ3) is 7.67. The Morgan fingerprint density at radius 3 is 2.57 bits per heavy atom. The van der Waals surface area contributed by atoms with Crippen molar-refractivity contribution in [2.75, 3.05) is 0 Å². The number of carboxylic acids is 1. The average molecular weight is 399 g/mol. The Kier molecular flexibility index (Phi) is 10.1. The molecule has 23 heavy (non-hydrogen) atoms. The van der Waals surface area contributed by atoms with Gasteiger partial charge in [-0.2, -0.15) is 0 Å². The smallest absolute Gasteiger partial charge is 0.469 e. The molecule has 0 bridgehead atoms. The molecule has 10 nitrogen and oxygen atoms in total. The van der Waals surface area contributed by atoms with E-state index in [9.17, 15) is 14.5 Å². The molecule has 1 unspecified atom stereocenters. The number of hydrogen-bond acceptors (Lipinski definition) is 7. The second kappa shape index (κ2) is 9.74. The molecule has 12 heteroatoms. The summed E-state index contributed by atoms with van der Waals surface area (Å²) in [6, 6.07) is -1.03. The summed E-state index contributed by atoms with van der Waals surface area (Å²) in [6.07, 6.45) is 2.37. The van der Waals surface area contributed by atoms with Crippen molar-refractivity contribution in [1.82, 2.24) is 4.98 Å². The molecule has 1 rings (SSSR count). The second-order valence-corrected chi connectivity index (χ2v) is 5.43. The second-order valence-electron chi connectivity index (χ2n) is 4.19.